The first-order chi connectivity index (χ1) is 38.0. The van der Waals surface area contributed by atoms with Crippen LogP contribution in [-0.2, 0) is 45.0 Å². The number of aromatic nitrogens is 5. The first kappa shape index (κ1) is 58.0. The molecule has 79 heavy (non-hydrogen) atoms. The Hall–Kier alpha value is -8.72. The zero-order valence-electron chi connectivity index (χ0n) is 42.2. The Bertz CT molecular complexity index is 3380. The van der Waals surface area contributed by atoms with Gasteiger partial charge >= 0.3 is 6.18 Å². The molecule has 3 aromatic carbocycles. The molecule has 0 aliphatic rings. The number of alkyl halides is 3. The van der Waals surface area contributed by atoms with E-state index < -0.39 is 34.6 Å². The molecule has 0 bridgehead atoms. The van der Waals surface area contributed by atoms with E-state index in [9.17, 15) is 46.0 Å². The molecule has 0 saturated heterocycles. The van der Waals surface area contributed by atoms with E-state index in [4.69, 9.17) is 33.8 Å². The van der Waals surface area contributed by atoms with Crippen molar-refractivity contribution in [2.75, 3.05) is 94.5 Å². The number of rotatable bonds is 30. The molecule has 0 atom stereocenters. The number of nitrogens with zero attached hydrogens (tertiary/aromatic N) is 5. The normalized spacial score (nSPS) is 11.5. The standard InChI is InChI=1S/C51H53F3N12O12S/c1-32-2-11-39(45-44(32)36(25-55)27-60-45)65-79(71,72)38-9-3-33(4-10-38)26-59-43(67)30-77-23-22-76-21-20-75-19-18-74-17-16-73-15-14-58-48(69)34-5-7-37(8-6-34)66-28-40(46(64-66)47(56)68)62-49(70)41-29-78-50(63-41)35-12-13-57-42(24-35)61-31-51(52,53)54/h2-13,24,27-29,60,65H,14-23,26,30-31H2,1H3,(H2,56,68)(H,57,61)(H,58,69)(H,59,67)(H,62,70). The first-order valence-corrected chi connectivity index (χ1v) is 25.6. The van der Waals surface area contributed by atoms with Gasteiger partial charge in [-0.25, -0.2) is 23.1 Å². The number of ether oxygens (including phenoxy) is 5. The third-order valence-corrected chi connectivity index (χ3v) is 12.6. The van der Waals surface area contributed by atoms with Gasteiger partial charge in [-0.1, -0.05) is 18.2 Å². The number of carbonyl (C=O) groups excluding carboxylic acids is 4. The van der Waals surface area contributed by atoms with E-state index in [2.05, 4.69) is 52.1 Å². The summed E-state index contributed by atoms with van der Waals surface area (Å²) >= 11 is 0. The number of oxazole rings is 1. The molecule has 0 unspecified atom stereocenters. The van der Waals surface area contributed by atoms with Gasteiger partial charge in [0.15, 0.2) is 11.4 Å². The Morgan fingerprint density at radius 1 is 0.835 bits per heavy atom. The van der Waals surface area contributed by atoms with E-state index in [1.54, 1.807) is 36.4 Å². The fourth-order valence-corrected chi connectivity index (χ4v) is 8.38. The van der Waals surface area contributed by atoms with E-state index in [0.717, 1.165) is 11.8 Å². The lowest BCUT2D eigenvalue weighted by atomic mass is 10.1. The van der Waals surface area contributed by atoms with Crippen LogP contribution in [0.3, 0.4) is 0 Å². The Kier molecular flexibility index (Phi) is 20.2. The van der Waals surface area contributed by atoms with Gasteiger partial charge in [0, 0.05) is 42.0 Å². The molecule has 24 nitrogen and oxygen atoms in total. The van der Waals surface area contributed by atoms with Crippen LogP contribution in [0.2, 0.25) is 0 Å². The van der Waals surface area contributed by atoms with Crippen LogP contribution in [0.25, 0.3) is 28.0 Å². The second-order valence-corrected chi connectivity index (χ2v) is 18.6. The topological polar surface area (TPSA) is 331 Å². The molecule has 0 saturated carbocycles. The minimum atomic E-state index is -4.47. The summed E-state index contributed by atoms with van der Waals surface area (Å²) in [4.78, 5) is 61.3. The fourth-order valence-electron chi connectivity index (χ4n) is 7.31. The van der Waals surface area contributed by atoms with Crippen LogP contribution in [0.5, 0.6) is 0 Å². The first-order valence-electron chi connectivity index (χ1n) is 24.1. The Morgan fingerprint density at radius 2 is 1.51 bits per heavy atom. The minimum Gasteiger partial charge on any atom is -0.444 e. The van der Waals surface area contributed by atoms with E-state index in [0.29, 0.717) is 72.0 Å². The molecule has 28 heteroatoms. The third kappa shape index (κ3) is 16.9. The lowest BCUT2D eigenvalue weighted by molar-refractivity contribution is -0.126. The van der Waals surface area contributed by atoms with Crippen LogP contribution < -0.4 is 31.7 Å². The predicted molar refractivity (Wildman–Crippen MR) is 278 cm³/mol. The number of nitriles is 1. The second kappa shape index (κ2) is 27.5. The van der Waals surface area contributed by atoms with Crippen molar-refractivity contribution >= 4 is 61.7 Å². The Labute approximate surface area is 449 Å². The molecule has 7 aromatic rings. The quantitative estimate of drug-likeness (QED) is 0.0296. The van der Waals surface area contributed by atoms with Crippen molar-refractivity contribution in [1.29, 1.82) is 5.26 Å². The molecule has 0 radical (unpaired) electrons. The Morgan fingerprint density at radius 3 is 2.16 bits per heavy atom. The molecule has 4 aromatic heterocycles. The van der Waals surface area contributed by atoms with Crippen LogP contribution in [-0.4, -0.2) is 142 Å². The van der Waals surface area contributed by atoms with Gasteiger partial charge in [-0.2, -0.15) is 23.5 Å². The number of sulfonamides is 1. The molecule has 0 fully saturated rings. The van der Waals surface area contributed by atoms with Gasteiger partial charge in [0.1, 0.15) is 31.3 Å². The third-order valence-electron chi connectivity index (χ3n) is 11.2. The Balaban J connectivity index is 0.686. The number of halogens is 3. The molecule has 4 heterocycles. The summed E-state index contributed by atoms with van der Waals surface area (Å²) in [6.07, 6.45) is 0.675. The number of carbonyl (C=O) groups is 4. The van der Waals surface area contributed by atoms with Crippen molar-refractivity contribution in [3.8, 4) is 23.2 Å². The molecule has 4 amide bonds. The van der Waals surface area contributed by atoms with Gasteiger partial charge in [-0.15, -0.1) is 0 Å². The van der Waals surface area contributed by atoms with E-state index in [1.165, 1.54) is 59.7 Å². The van der Waals surface area contributed by atoms with Crippen molar-refractivity contribution in [3.05, 3.63) is 131 Å². The summed E-state index contributed by atoms with van der Waals surface area (Å²) in [6, 6.07) is 20.5. The summed E-state index contributed by atoms with van der Waals surface area (Å²) in [5.41, 5.74) is 8.73. The minimum absolute atomic E-state index is 0.0295. The van der Waals surface area contributed by atoms with Gasteiger partial charge in [0.05, 0.1) is 98.7 Å². The highest BCUT2D eigenvalue weighted by Gasteiger charge is 2.27. The van der Waals surface area contributed by atoms with Gasteiger partial charge in [0.25, 0.3) is 27.7 Å². The summed E-state index contributed by atoms with van der Waals surface area (Å²) in [7, 11) is -3.94. The monoisotopic (exact) mass is 1110 g/mol. The smallest absolute Gasteiger partial charge is 0.405 e. The number of nitrogens with two attached hydrogens (primary N) is 1. The van der Waals surface area contributed by atoms with Gasteiger partial charge in [-0.3, -0.25) is 23.9 Å². The molecule has 416 valence electrons. The summed E-state index contributed by atoms with van der Waals surface area (Å²) in [5.74, 6) is -2.64. The number of nitrogens with one attached hydrogen (secondary N) is 6. The van der Waals surface area contributed by atoms with Crippen molar-refractivity contribution in [3.63, 3.8) is 0 Å². The average Bonchev–Trinajstić information content (AvgIpc) is 4.32. The van der Waals surface area contributed by atoms with Crippen LogP contribution in [0.15, 0.2) is 107 Å². The van der Waals surface area contributed by atoms with Crippen LogP contribution in [0.1, 0.15) is 48.0 Å². The van der Waals surface area contributed by atoms with Gasteiger partial charge in [0.2, 0.25) is 11.8 Å². The summed E-state index contributed by atoms with van der Waals surface area (Å²) in [5, 5.41) is 24.4. The molecular formula is C51H53F3N12O12S. The largest absolute Gasteiger partial charge is 0.444 e. The number of hydrogen-bond acceptors (Lipinski definition) is 17. The number of benzene rings is 3. The van der Waals surface area contributed by atoms with Gasteiger partial charge in [-0.05, 0) is 72.6 Å². The molecular weight excluding hydrogens is 1060 g/mol. The maximum Gasteiger partial charge on any atom is 0.405 e. The maximum absolute atomic E-state index is 13.1. The highest BCUT2D eigenvalue weighted by Crippen LogP contribution is 2.30. The molecule has 8 N–H and O–H groups in total. The molecule has 0 aliphatic carbocycles. The van der Waals surface area contributed by atoms with E-state index in [-0.39, 0.29) is 97.2 Å². The maximum atomic E-state index is 13.1. The lowest BCUT2D eigenvalue weighted by Gasteiger charge is -2.11. The van der Waals surface area contributed by atoms with Crippen molar-refractivity contribution in [2.45, 2.75) is 24.5 Å². The zero-order chi connectivity index (χ0) is 56.4. The van der Waals surface area contributed by atoms with Crippen LogP contribution in [0.4, 0.5) is 30.4 Å². The SMILES string of the molecule is Cc1ccc(NS(=O)(=O)c2ccc(CNC(=O)COCCOCCOCCOCCOCCNC(=O)c3ccc(-n4cc(NC(=O)c5coc(-c6ccnc(NCC(F)(F)F)c6)n5)c(C(N)=O)n4)cc3)cc2)c2[nH]cc(C#N)c12. The lowest BCUT2D eigenvalue weighted by Crippen LogP contribution is -2.27. The predicted octanol–water partition coefficient (Wildman–Crippen LogP) is 4.84. The van der Waals surface area contributed by atoms with Crippen molar-refractivity contribution in [2.24, 2.45) is 5.73 Å². The second-order valence-electron chi connectivity index (χ2n) is 16.9. The van der Waals surface area contributed by atoms with E-state index in [1.807, 2.05) is 6.92 Å². The number of anilines is 3. The zero-order valence-corrected chi connectivity index (χ0v) is 43.0. The molecule has 0 aliphatic heterocycles. The number of primary amides is 1. The van der Waals surface area contributed by atoms with Crippen LogP contribution in [0, 0.1) is 18.3 Å². The fraction of sp³-hybridized carbons (Fsp3) is 0.294. The highest BCUT2D eigenvalue weighted by atomic mass is 32.2. The number of pyridine rings is 1. The van der Waals surface area contributed by atoms with Crippen LogP contribution >= 0.6 is 0 Å². The number of aryl methyl sites for hydroxylation is 1. The number of amides is 4. The van der Waals surface area contributed by atoms with Crippen molar-refractivity contribution < 1.29 is 68.9 Å². The number of hydrogen-bond donors (Lipinski definition) is 7. The highest BCUT2D eigenvalue weighted by molar-refractivity contribution is 7.92. The molecule has 7 rings (SSSR count). The van der Waals surface area contributed by atoms with E-state index >= 15 is 0 Å². The number of aromatic amines is 1. The number of fused-ring (bicyclic) bond motifs is 1. The average molecular weight is 1120 g/mol. The van der Waals surface area contributed by atoms with Crippen molar-refractivity contribution in [1.82, 2.24) is 35.4 Å². The summed E-state index contributed by atoms with van der Waals surface area (Å²) < 4.78 is 101. The molecule has 0 spiro atoms. The summed E-state index contributed by atoms with van der Waals surface area (Å²) in [6.45, 7) is 3.23. The van der Waals surface area contributed by atoms with Gasteiger partial charge < -0.3 is 60.1 Å². The number of H-pyrrole nitrogens is 1.